The minimum Gasteiger partial charge on any atom is -0.412 e. The maximum atomic E-state index is 10.9. The minimum atomic E-state index is -4.06. The molecule has 1 rings (SSSR count). The first-order valence-electron chi connectivity index (χ1n) is 8.60. The van der Waals surface area contributed by atoms with Crippen LogP contribution in [0.3, 0.4) is 0 Å². The zero-order valence-electron chi connectivity index (χ0n) is 14.3. The molecule has 0 aromatic heterocycles. The highest BCUT2D eigenvalue weighted by atomic mass is 32.2. The first-order chi connectivity index (χ1) is 10.5. The van der Waals surface area contributed by atoms with Gasteiger partial charge in [-0.2, -0.15) is 8.42 Å². The van der Waals surface area contributed by atoms with Gasteiger partial charge in [0.2, 0.25) is 0 Å². The van der Waals surface area contributed by atoms with Gasteiger partial charge in [0.15, 0.2) is 0 Å². The molecule has 0 atom stereocenters. The van der Waals surface area contributed by atoms with Crippen molar-refractivity contribution in [1.29, 1.82) is 0 Å². The number of aryl methyl sites for hydroxylation is 1. The van der Waals surface area contributed by atoms with Crippen molar-refractivity contribution in [3.63, 3.8) is 0 Å². The molecule has 1 aromatic carbocycles. The topological polar surface area (TPSA) is 85.9 Å². The van der Waals surface area contributed by atoms with Gasteiger partial charge in [-0.15, -0.1) is 0 Å². The summed E-state index contributed by atoms with van der Waals surface area (Å²) in [6.45, 7) is 2.25. The lowest BCUT2D eigenvalue weighted by atomic mass is 10.0. The van der Waals surface area contributed by atoms with Crippen molar-refractivity contribution < 1.29 is 18.4 Å². The highest BCUT2D eigenvalue weighted by molar-refractivity contribution is 7.85. The molecular formula is C18H32O4S. The Kier molecular flexibility index (Phi) is 12.0. The Bertz CT molecular complexity index is 494. The van der Waals surface area contributed by atoms with Crippen LogP contribution in [0, 0.1) is 0 Å². The van der Waals surface area contributed by atoms with Gasteiger partial charge in [-0.05, 0) is 30.5 Å². The number of rotatable bonds is 12. The standard InChI is InChI=1S/C18H30O3S.H2O/c1-2-3-4-5-6-7-8-9-10-11-12-17-13-15-18(16-14-17)22(19,20)21;/h13-16H,2-12H2,1H3,(H,19,20,21);1H2. The summed E-state index contributed by atoms with van der Waals surface area (Å²) in [6, 6.07) is 6.52. The fourth-order valence-electron chi connectivity index (χ4n) is 2.64. The van der Waals surface area contributed by atoms with E-state index >= 15 is 0 Å². The Morgan fingerprint density at radius 3 is 1.65 bits per heavy atom. The fourth-order valence-corrected chi connectivity index (χ4v) is 3.12. The van der Waals surface area contributed by atoms with E-state index in [4.69, 9.17) is 4.55 Å². The van der Waals surface area contributed by atoms with Gasteiger partial charge in [0.25, 0.3) is 10.1 Å². The molecular weight excluding hydrogens is 312 g/mol. The first-order valence-corrected chi connectivity index (χ1v) is 10.0. The van der Waals surface area contributed by atoms with Crippen LogP contribution in [-0.4, -0.2) is 18.4 Å². The minimum absolute atomic E-state index is 0. The van der Waals surface area contributed by atoms with Crippen molar-refractivity contribution in [2.45, 2.75) is 82.4 Å². The summed E-state index contributed by atoms with van der Waals surface area (Å²) >= 11 is 0. The van der Waals surface area contributed by atoms with Gasteiger partial charge in [0.05, 0.1) is 4.90 Å². The van der Waals surface area contributed by atoms with E-state index in [1.54, 1.807) is 12.1 Å². The summed E-state index contributed by atoms with van der Waals surface area (Å²) in [6.07, 6.45) is 14.1. The van der Waals surface area contributed by atoms with Gasteiger partial charge in [0, 0.05) is 0 Å². The molecule has 0 bridgehead atoms. The maximum absolute atomic E-state index is 10.9. The zero-order chi connectivity index (χ0) is 16.3. The Labute approximate surface area is 141 Å². The van der Waals surface area contributed by atoms with Crippen LogP contribution in [0.4, 0.5) is 0 Å². The van der Waals surface area contributed by atoms with Gasteiger partial charge < -0.3 is 5.48 Å². The number of hydrogen-bond acceptors (Lipinski definition) is 2. The molecule has 0 unspecified atom stereocenters. The lowest BCUT2D eigenvalue weighted by Crippen LogP contribution is -1.98. The van der Waals surface area contributed by atoms with Crippen LogP contribution in [0.5, 0.6) is 0 Å². The van der Waals surface area contributed by atoms with Gasteiger partial charge in [-0.3, -0.25) is 4.55 Å². The molecule has 0 radical (unpaired) electrons. The molecule has 0 fully saturated rings. The summed E-state index contributed by atoms with van der Waals surface area (Å²) in [5.74, 6) is 0. The molecule has 134 valence electrons. The monoisotopic (exact) mass is 344 g/mol. The second-order valence-corrected chi connectivity index (χ2v) is 7.47. The van der Waals surface area contributed by atoms with Crippen LogP contribution in [0.25, 0.3) is 0 Å². The van der Waals surface area contributed by atoms with Gasteiger partial charge in [-0.25, -0.2) is 0 Å². The Balaban J connectivity index is 0.00000484. The lowest BCUT2D eigenvalue weighted by molar-refractivity contribution is 0.483. The highest BCUT2D eigenvalue weighted by Gasteiger charge is 2.08. The molecule has 0 saturated heterocycles. The third-order valence-electron chi connectivity index (χ3n) is 4.04. The third kappa shape index (κ3) is 10.5. The van der Waals surface area contributed by atoms with Gasteiger partial charge >= 0.3 is 0 Å². The second kappa shape index (κ2) is 12.5. The van der Waals surface area contributed by atoms with Crippen molar-refractivity contribution in [1.82, 2.24) is 0 Å². The quantitative estimate of drug-likeness (QED) is 0.445. The maximum Gasteiger partial charge on any atom is 0.294 e. The van der Waals surface area contributed by atoms with Crippen LogP contribution in [0.2, 0.25) is 0 Å². The van der Waals surface area contributed by atoms with Crippen LogP contribution in [0.15, 0.2) is 29.2 Å². The van der Waals surface area contributed by atoms with Crippen molar-refractivity contribution in [3.05, 3.63) is 29.8 Å². The molecule has 3 N–H and O–H groups in total. The molecule has 5 heteroatoms. The molecule has 0 aliphatic heterocycles. The Morgan fingerprint density at radius 2 is 1.22 bits per heavy atom. The summed E-state index contributed by atoms with van der Waals surface area (Å²) in [5.41, 5.74) is 1.13. The molecule has 0 heterocycles. The molecule has 0 aliphatic carbocycles. The summed E-state index contributed by atoms with van der Waals surface area (Å²) < 4.78 is 30.8. The number of hydrogen-bond donors (Lipinski definition) is 1. The number of benzene rings is 1. The highest BCUT2D eigenvalue weighted by Crippen LogP contribution is 2.14. The Hall–Kier alpha value is -0.910. The smallest absolute Gasteiger partial charge is 0.294 e. The van der Waals surface area contributed by atoms with E-state index < -0.39 is 10.1 Å². The molecule has 0 aliphatic rings. The number of unbranched alkanes of at least 4 members (excludes halogenated alkanes) is 9. The van der Waals surface area contributed by atoms with E-state index in [2.05, 4.69) is 6.92 Å². The van der Waals surface area contributed by atoms with Crippen molar-refractivity contribution in [3.8, 4) is 0 Å². The van der Waals surface area contributed by atoms with Crippen molar-refractivity contribution >= 4 is 10.1 Å². The summed E-state index contributed by atoms with van der Waals surface area (Å²) in [7, 11) is -4.06. The lowest BCUT2D eigenvalue weighted by Gasteiger charge is -2.04. The van der Waals surface area contributed by atoms with Crippen LogP contribution >= 0.6 is 0 Å². The molecule has 4 nitrogen and oxygen atoms in total. The molecule has 0 spiro atoms. The zero-order valence-corrected chi connectivity index (χ0v) is 15.1. The average molecular weight is 345 g/mol. The molecule has 23 heavy (non-hydrogen) atoms. The van der Waals surface area contributed by atoms with E-state index in [0.29, 0.717) is 0 Å². The first kappa shape index (κ1) is 22.1. The normalized spacial score (nSPS) is 11.2. The summed E-state index contributed by atoms with van der Waals surface area (Å²) in [4.78, 5) is -0.0284. The third-order valence-corrected chi connectivity index (χ3v) is 4.91. The van der Waals surface area contributed by atoms with E-state index in [1.807, 2.05) is 0 Å². The van der Waals surface area contributed by atoms with Crippen LogP contribution < -0.4 is 0 Å². The van der Waals surface area contributed by atoms with E-state index in [9.17, 15) is 8.42 Å². The van der Waals surface area contributed by atoms with Crippen LogP contribution in [0.1, 0.15) is 76.7 Å². The van der Waals surface area contributed by atoms with Gasteiger partial charge in [0.1, 0.15) is 0 Å². The van der Waals surface area contributed by atoms with Crippen molar-refractivity contribution in [2.75, 3.05) is 0 Å². The predicted molar refractivity (Wildman–Crippen MR) is 95.4 cm³/mol. The Morgan fingerprint density at radius 1 is 0.783 bits per heavy atom. The molecule has 1 aromatic rings. The summed E-state index contributed by atoms with van der Waals surface area (Å²) in [5, 5.41) is 0. The largest absolute Gasteiger partial charge is 0.412 e. The van der Waals surface area contributed by atoms with Gasteiger partial charge in [-0.1, -0.05) is 76.8 Å². The second-order valence-electron chi connectivity index (χ2n) is 6.05. The SMILES string of the molecule is CCCCCCCCCCCCc1ccc(S(=O)(=O)O)cc1.O. The average Bonchev–Trinajstić information content (AvgIpc) is 2.49. The van der Waals surface area contributed by atoms with E-state index in [0.717, 1.165) is 18.4 Å². The van der Waals surface area contributed by atoms with Crippen LogP contribution in [-0.2, 0) is 16.5 Å². The van der Waals surface area contributed by atoms with E-state index in [-0.39, 0.29) is 10.4 Å². The fraction of sp³-hybridized carbons (Fsp3) is 0.667. The molecule has 0 amide bonds. The van der Waals surface area contributed by atoms with Crippen molar-refractivity contribution in [2.24, 2.45) is 0 Å². The predicted octanol–water partition coefficient (Wildman–Crippen LogP) is 4.57. The molecule has 0 saturated carbocycles. The van der Waals surface area contributed by atoms with E-state index in [1.165, 1.54) is 69.9 Å².